The smallest absolute Gasteiger partial charge is 0.241 e. The van der Waals surface area contributed by atoms with Crippen LogP contribution in [-0.4, -0.2) is 15.5 Å². The number of amides is 1. The van der Waals surface area contributed by atoms with Crippen molar-refractivity contribution in [2.45, 2.75) is 38.9 Å². The van der Waals surface area contributed by atoms with Gasteiger partial charge in [0.15, 0.2) is 0 Å². The van der Waals surface area contributed by atoms with E-state index < -0.39 is 6.04 Å². The minimum absolute atomic E-state index is 0.197. The molecule has 3 rings (SSSR count). The van der Waals surface area contributed by atoms with Crippen LogP contribution >= 0.6 is 0 Å². The molecule has 1 amide bonds. The molecule has 5 nitrogen and oxygen atoms in total. The molecule has 1 unspecified atom stereocenters. The number of nitrogens with two attached hydrogens (primary N) is 1. The quantitative estimate of drug-likeness (QED) is 0.646. The summed E-state index contributed by atoms with van der Waals surface area (Å²) in [4.78, 5) is 16.7. The van der Waals surface area contributed by atoms with Gasteiger partial charge in [-0.2, -0.15) is 0 Å². The molecule has 27 heavy (non-hydrogen) atoms. The summed E-state index contributed by atoms with van der Waals surface area (Å²) in [5.74, 6) is 0.644. The van der Waals surface area contributed by atoms with Gasteiger partial charge in [-0.25, -0.2) is 4.98 Å². The highest BCUT2D eigenvalue weighted by molar-refractivity contribution is 5.82. The molecule has 1 heterocycles. The molecule has 0 aliphatic rings. The molecule has 0 fully saturated rings. The van der Waals surface area contributed by atoms with E-state index in [1.807, 2.05) is 43.5 Å². The Kier molecular flexibility index (Phi) is 6.39. The van der Waals surface area contributed by atoms with Gasteiger partial charge in [-0.3, -0.25) is 4.79 Å². The van der Waals surface area contributed by atoms with Crippen molar-refractivity contribution in [2.75, 3.05) is 0 Å². The van der Waals surface area contributed by atoms with Crippen LogP contribution in [-0.2, 0) is 24.3 Å². The van der Waals surface area contributed by atoms with E-state index in [1.165, 1.54) is 5.56 Å². The summed E-state index contributed by atoms with van der Waals surface area (Å²) in [5.41, 5.74) is 9.35. The zero-order valence-electron chi connectivity index (χ0n) is 15.6. The molecule has 140 valence electrons. The molecule has 1 atom stereocenters. The number of nitrogens with one attached hydrogen (secondary N) is 1. The van der Waals surface area contributed by atoms with Gasteiger partial charge >= 0.3 is 0 Å². The number of aryl methyl sites for hydroxylation is 3. The van der Waals surface area contributed by atoms with Crippen LogP contribution in [0.4, 0.5) is 0 Å². The van der Waals surface area contributed by atoms with Gasteiger partial charge in [0.25, 0.3) is 0 Å². The number of benzene rings is 2. The van der Waals surface area contributed by atoms with Gasteiger partial charge in [-0.1, -0.05) is 60.2 Å². The minimum atomic E-state index is -0.674. The highest BCUT2D eigenvalue weighted by Crippen LogP contribution is 2.12. The molecule has 0 radical (unpaired) electrons. The summed E-state index contributed by atoms with van der Waals surface area (Å²) >= 11 is 0. The first-order valence-electron chi connectivity index (χ1n) is 9.27. The second kappa shape index (κ2) is 9.14. The van der Waals surface area contributed by atoms with Crippen LogP contribution in [0.2, 0.25) is 0 Å². The molecule has 0 saturated heterocycles. The number of carbonyl (C=O) groups excluding carboxylic acids is 1. The Bertz CT molecular complexity index is 856. The summed E-state index contributed by atoms with van der Waals surface area (Å²) in [5, 5.41) is 2.90. The van der Waals surface area contributed by atoms with Crippen molar-refractivity contribution in [3.63, 3.8) is 0 Å². The number of rotatable bonds is 8. The number of hydrogen-bond acceptors (Lipinski definition) is 3. The Hall–Kier alpha value is -2.92. The van der Waals surface area contributed by atoms with Gasteiger partial charge in [0.1, 0.15) is 11.9 Å². The molecule has 1 aromatic heterocycles. The highest BCUT2D eigenvalue weighted by atomic mass is 16.2. The first-order valence-corrected chi connectivity index (χ1v) is 9.27. The summed E-state index contributed by atoms with van der Waals surface area (Å²) < 4.78 is 2.08. The van der Waals surface area contributed by atoms with E-state index in [9.17, 15) is 4.79 Å². The van der Waals surface area contributed by atoms with Crippen LogP contribution < -0.4 is 11.1 Å². The van der Waals surface area contributed by atoms with E-state index in [4.69, 9.17) is 5.73 Å². The molecule has 0 spiro atoms. The van der Waals surface area contributed by atoms with Gasteiger partial charge in [-0.05, 0) is 30.9 Å². The number of aromatic nitrogens is 2. The number of nitrogens with zero attached hydrogens (tertiary/aromatic N) is 2. The van der Waals surface area contributed by atoms with Gasteiger partial charge in [0.2, 0.25) is 5.91 Å². The standard InChI is InChI=1S/C22H26N4O/c1-17-9-11-19(12-10-17)21(23)22(27)25-16-20-24-13-15-26(20)14-5-8-18-6-3-2-4-7-18/h2-4,6-7,9-13,15,21H,5,8,14,16,23H2,1H3,(H,25,27). The Morgan fingerprint density at radius 2 is 1.89 bits per heavy atom. The van der Waals surface area contributed by atoms with Crippen LogP contribution in [0.1, 0.15) is 35.0 Å². The van der Waals surface area contributed by atoms with Crippen molar-refractivity contribution < 1.29 is 4.79 Å². The molecule has 3 aromatic rings. The fourth-order valence-corrected chi connectivity index (χ4v) is 3.01. The van der Waals surface area contributed by atoms with Crippen LogP contribution in [0.3, 0.4) is 0 Å². The van der Waals surface area contributed by atoms with E-state index >= 15 is 0 Å². The Balaban J connectivity index is 1.50. The lowest BCUT2D eigenvalue weighted by molar-refractivity contribution is -0.122. The molecule has 2 aromatic carbocycles. The summed E-state index contributed by atoms with van der Waals surface area (Å²) in [7, 11) is 0. The van der Waals surface area contributed by atoms with Crippen LogP contribution in [0.25, 0.3) is 0 Å². The van der Waals surface area contributed by atoms with Gasteiger partial charge in [0.05, 0.1) is 6.54 Å². The molecule has 0 saturated carbocycles. The first kappa shape index (κ1) is 18.9. The Labute approximate surface area is 160 Å². The molecule has 0 bridgehead atoms. The van der Waals surface area contributed by atoms with Crippen molar-refractivity contribution in [1.29, 1.82) is 0 Å². The topological polar surface area (TPSA) is 72.9 Å². The average molecular weight is 362 g/mol. The lowest BCUT2D eigenvalue weighted by Crippen LogP contribution is -2.34. The van der Waals surface area contributed by atoms with E-state index in [2.05, 4.69) is 39.1 Å². The van der Waals surface area contributed by atoms with Crippen molar-refractivity contribution in [3.05, 3.63) is 89.5 Å². The molecular formula is C22H26N4O. The van der Waals surface area contributed by atoms with E-state index in [-0.39, 0.29) is 5.91 Å². The second-order valence-electron chi connectivity index (χ2n) is 6.73. The third-order valence-corrected chi connectivity index (χ3v) is 4.65. The Morgan fingerprint density at radius 3 is 2.63 bits per heavy atom. The molecule has 3 N–H and O–H groups in total. The monoisotopic (exact) mass is 362 g/mol. The zero-order valence-corrected chi connectivity index (χ0v) is 15.6. The normalized spacial score (nSPS) is 11.9. The van der Waals surface area contributed by atoms with Crippen LogP contribution in [0, 0.1) is 6.92 Å². The van der Waals surface area contributed by atoms with E-state index in [0.29, 0.717) is 6.54 Å². The summed E-state index contributed by atoms with van der Waals surface area (Å²) in [6.45, 7) is 3.24. The van der Waals surface area contributed by atoms with Crippen molar-refractivity contribution in [2.24, 2.45) is 5.73 Å². The predicted octanol–water partition coefficient (Wildman–Crippen LogP) is 3.14. The molecule has 0 aliphatic heterocycles. The maximum absolute atomic E-state index is 12.4. The minimum Gasteiger partial charge on any atom is -0.347 e. The van der Waals surface area contributed by atoms with Crippen LogP contribution in [0.5, 0.6) is 0 Å². The second-order valence-corrected chi connectivity index (χ2v) is 6.73. The average Bonchev–Trinajstić information content (AvgIpc) is 3.14. The molecule has 0 aliphatic carbocycles. The lowest BCUT2D eigenvalue weighted by atomic mass is 10.1. The third kappa shape index (κ3) is 5.28. The summed E-state index contributed by atoms with van der Waals surface area (Å²) in [6.07, 6.45) is 5.75. The van der Waals surface area contributed by atoms with Crippen LogP contribution in [0.15, 0.2) is 67.0 Å². The molecular weight excluding hydrogens is 336 g/mol. The third-order valence-electron chi connectivity index (χ3n) is 4.65. The van der Waals surface area contributed by atoms with E-state index in [0.717, 1.165) is 36.3 Å². The Morgan fingerprint density at radius 1 is 1.15 bits per heavy atom. The zero-order chi connectivity index (χ0) is 19.1. The first-order chi connectivity index (χ1) is 13.1. The lowest BCUT2D eigenvalue weighted by Gasteiger charge is -2.14. The van der Waals surface area contributed by atoms with E-state index in [1.54, 1.807) is 6.20 Å². The number of hydrogen-bond donors (Lipinski definition) is 2. The highest BCUT2D eigenvalue weighted by Gasteiger charge is 2.16. The largest absolute Gasteiger partial charge is 0.347 e. The summed E-state index contributed by atoms with van der Waals surface area (Å²) in [6, 6.07) is 17.5. The maximum atomic E-state index is 12.4. The van der Waals surface area contributed by atoms with Gasteiger partial charge in [0, 0.05) is 18.9 Å². The molecule has 5 heteroatoms. The maximum Gasteiger partial charge on any atom is 0.241 e. The van der Waals surface area contributed by atoms with Crippen molar-refractivity contribution >= 4 is 5.91 Å². The SMILES string of the molecule is Cc1ccc(C(N)C(=O)NCc2nccn2CCCc2ccccc2)cc1. The van der Waals surface area contributed by atoms with Crippen molar-refractivity contribution in [1.82, 2.24) is 14.9 Å². The predicted molar refractivity (Wildman–Crippen MR) is 107 cm³/mol. The van der Waals surface area contributed by atoms with Crippen molar-refractivity contribution in [3.8, 4) is 0 Å². The fourth-order valence-electron chi connectivity index (χ4n) is 3.01. The fraction of sp³-hybridized carbons (Fsp3) is 0.273. The number of imidazole rings is 1. The van der Waals surface area contributed by atoms with Gasteiger partial charge < -0.3 is 15.6 Å². The van der Waals surface area contributed by atoms with Gasteiger partial charge in [-0.15, -0.1) is 0 Å². The number of carbonyl (C=O) groups is 1.